The summed E-state index contributed by atoms with van der Waals surface area (Å²) >= 11 is 0. The third kappa shape index (κ3) is 4.82. The monoisotopic (exact) mass is 460 g/mol. The van der Waals surface area contributed by atoms with Gasteiger partial charge < -0.3 is 14.6 Å². The van der Waals surface area contributed by atoms with Crippen molar-refractivity contribution in [3.8, 4) is 0 Å². The minimum absolute atomic E-state index is 0.350. The Bertz CT molecular complexity index is 1450. The Kier molecular flexibility index (Phi) is 6.36. The third-order valence-electron chi connectivity index (χ3n) is 6.28. The summed E-state index contributed by atoms with van der Waals surface area (Å²) < 4.78 is 5.98. The van der Waals surface area contributed by atoms with Gasteiger partial charge in [0.15, 0.2) is 0 Å². The second-order valence-electron chi connectivity index (χ2n) is 8.83. The van der Waals surface area contributed by atoms with Gasteiger partial charge in [0.05, 0.1) is 5.39 Å². The predicted octanol–water partition coefficient (Wildman–Crippen LogP) is 7.36. The van der Waals surface area contributed by atoms with Gasteiger partial charge >= 0.3 is 5.63 Å². The van der Waals surface area contributed by atoms with Gasteiger partial charge in [-0.15, -0.1) is 0 Å². The molecule has 4 heteroatoms. The quantitative estimate of drug-likeness (QED) is 0.276. The van der Waals surface area contributed by atoms with Crippen molar-refractivity contribution in [3.05, 3.63) is 136 Å². The first-order valence-corrected chi connectivity index (χ1v) is 11.8. The topological polar surface area (TPSA) is 45.5 Å². The van der Waals surface area contributed by atoms with Gasteiger partial charge in [0.2, 0.25) is 5.88 Å². The number of rotatable bonds is 7. The van der Waals surface area contributed by atoms with Crippen LogP contribution in [-0.4, -0.2) is 0 Å². The van der Waals surface area contributed by atoms with Gasteiger partial charge in [-0.3, -0.25) is 0 Å². The average Bonchev–Trinajstić information content (AvgIpc) is 2.87. The van der Waals surface area contributed by atoms with Crippen LogP contribution in [-0.2, 0) is 13.1 Å². The van der Waals surface area contributed by atoms with Gasteiger partial charge in [-0.2, -0.15) is 0 Å². The highest BCUT2D eigenvalue weighted by Crippen LogP contribution is 2.37. The fourth-order valence-corrected chi connectivity index (χ4v) is 4.53. The first kappa shape index (κ1) is 22.5. The Morgan fingerprint density at radius 2 is 1.17 bits per heavy atom. The molecule has 0 saturated heterocycles. The lowest BCUT2D eigenvalue weighted by atomic mass is 10.1. The summed E-state index contributed by atoms with van der Waals surface area (Å²) in [6.45, 7) is 5.43. The molecule has 0 radical (unpaired) electrons. The molecule has 4 aromatic carbocycles. The maximum atomic E-state index is 13.0. The van der Waals surface area contributed by atoms with Crippen LogP contribution in [0.25, 0.3) is 10.8 Å². The lowest BCUT2D eigenvalue weighted by molar-refractivity contribution is 0.535. The Labute approximate surface area is 205 Å². The number of fused-ring (bicyclic) bond motifs is 1. The van der Waals surface area contributed by atoms with Crippen molar-refractivity contribution >= 4 is 28.0 Å². The fourth-order valence-electron chi connectivity index (χ4n) is 4.53. The minimum Gasteiger partial charge on any atom is -0.404 e. The highest BCUT2D eigenvalue weighted by Gasteiger charge is 2.21. The van der Waals surface area contributed by atoms with E-state index < -0.39 is 0 Å². The van der Waals surface area contributed by atoms with Crippen LogP contribution < -0.4 is 15.8 Å². The van der Waals surface area contributed by atoms with E-state index in [0.29, 0.717) is 24.4 Å². The number of hydrogen-bond acceptors (Lipinski definition) is 4. The molecule has 0 saturated carbocycles. The molecule has 1 N–H and O–H groups in total. The second kappa shape index (κ2) is 9.90. The van der Waals surface area contributed by atoms with Gasteiger partial charge in [0.1, 0.15) is 5.69 Å². The normalized spacial score (nSPS) is 10.9. The molecule has 0 atom stereocenters. The molecule has 1 heterocycles. The van der Waals surface area contributed by atoms with Crippen LogP contribution in [0.1, 0.15) is 22.3 Å². The van der Waals surface area contributed by atoms with E-state index in [9.17, 15) is 4.79 Å². The molecular formula is C31H28N2O2. The summed E-state index contributed by atoms with van der Waals surface area (Å²) in [5.74, 6) is 0.456. The van der Waals surface area contributed by atoms with Gasteiger partial charge in [-0.25, -0.2) is 4.79 Å². The van der Waals surface area contributed by atoms with Crippen LogP contribution in [0.3, 0.4) is 0 Å². The summed E-state index contributed by atoms with van der Waals surface area (Å²) in [6.07, 6.45) is 0. The van der Waals surface area contributed by atoms with Crippen molar-refractivity contribution in [2.45, 2.75) is 26.9 Å². The molecule has 174 valence electrons. The Morgan fingerprint density at radius 3 is 1.74 bits per heavy atom. The van der Waals surface area contributed by atoms with Gasteiger partial charge in [-0.05, 0) is 42.2 Å². The van der Waals surface area contributed by atoms with Crippen molar-refractivity contribution in [2.75, 3.05) is 10.2 Å². The summed E-state index contributed by atoms with van der Waals surface area (Å²) in [7, 11) is 0. The van der Waals surface area contributed by atoms with Crippen LogP contribution >= 0.6 is 0 Å². The summed E-state index contributed by atoms with van der Waals surface area (Å²) in [5, 5.41) is 4.92. The molecule has 0 unspecified atom stereocenters. The smallest absolute Gasteiger partial charge is 0.345 e. The molecule has 35 heavy (non-hydrogen) atoms. The largest absolute Gasteiger partial charge is 0.404 e. The first-order valence-electron chi connectivity index (χ1n) is 11.8. The number of aryl methyl sites for hydroxylation is 2. The van der Waals surface area contributed by atoms with E-state index in [4.69, 9.17) is 4.42 Å². The Morgan fingerprint density at radius 1 is 0.657 bits per heavy atom. The Hall–Kier alpha value is -4.31. The molecule has 0 aliphatic carbocycles. The average molecular weight is 461 g/mol. The summed E-state index contributed by atoms with van der Waals surface area (Å²) in [5.41, 5.74) is 6.00. The van der Waals surface area contributed by atoms with Crippen LogP contribution in [0.5, 0.6) is 0 Å². The molecular weight excluding hydrogens is 432 g/mol. The van der Waals surface area contributed by atoms with Crippen LogP contribution in [0, 0.1) is 13.8 Å². The van der Waals surface area contributed by atoms with E-state index in [1.165, 1.54) is 11.1 Å². The summed E-state index contributed by atoms with van der Waals surface area (Å²) in [6, 6.07) is 34.6. The van der Waals surface area contributed by atoms with E-state index >= 15 is 0 Å². The number of para-hydroxylation sites is 1. The lowest BCUT2D eigenvalue weighted by Crippen LogP contribution is -2.24. The standard InChI is InChI=1S/C31H28N2O2/c1-22-12-11-13-23(2)28(22)32-30-29(26-18-9-10-19-27(26)31(34)35-30)33(20-24-14-5-3-6-15-24)21-25-16-7-4-8-17-25/h3-19,32H,20-21H2,1-2H3. The van der Waals surface area contributed by atoms with Crippen molar-refractivity contribution in [1.29, 1.82) is 0 Å². The molecule has 5 aromatic rings. The predicted molar refractivity (Wildman–Crippen MR) is 144 cm³/mol. The molecule has 0 aliphatic heterocycles. The molecule has 0 bridgehead atoms. The first-order chi connectivity index (χ1) is 17.1. The molecule has 4 nitrogen and oxygen atoms in total. The zero-order valence-corrected chi connectivity index (χ0v) is 20.0. The molecule has 0 fully saturated rings. The molecule has 5 rings (SSSR count). The number of nitrogens with zero attached hydrogens (tertiary/aromatic N) is 1. The minimum atomic E-state index is -0.350. The van der Waals surface area contributed by atoms with Crippen molar-refractivity contribution in [1.82, 2.24) is 0 Å². The van der Waals surface area contributed by atoms with Crippen LogP contribution in [0.2, 0.25) is 0 Å². The maximum Gasteiger partial charge on any atom is 0.345 e. The number of hydrogen-bond donors (Lipinski definition) is 1. The van der Waals surface area contributed by atoms with Gasteiger partial charge in [0.25, 0.3) is 0 Å². The van der Waals surface area contributed by atoms with Gasteiger partial charge in [-0.1, -0.05) is 97.1 Å². The van der Waals surface area contributed by atoms with Crippen LogP contribution in [0.4, 0.5) is 17.3 Å². The summed E-state index contributed by atoms with van der Waals surface area (Å²) in [4.78, 5) is 15.3. The lowest BCUT2D eigenvalue weighted by Gasteiger charge is -2.28. The Balaban J connectivity index is 1.71. The van der Waals surface area contributed by atoms with E-state index in [1.54, 1.807) is 0 Å². The third-order valence-corrected chi connectivity index (χ3v) is 6.28. The van der Waals surface area contributed by atoms with Gasteiger partial charge in [0, 0.05) is 24.2 Å². The van der Waals surface area contributed by atoms with E-state index in [2.05, 4.69) is 84.7 Å². The fraction of sp³-hybridized carbons (Fsp3) is 0.129. The number of anilines is 3. The van der Waals surface area contributed by atoms with Crippen molar-refractivity contribution in [2.24, 2.45) is 0 Å². The maximum absolute atomic E-state index is 13.0. The number of benzene rings is 4. The van der Waals surface area contributed by atoms with E-state index in [1.807, 2.05) is 42.5 Å². The highest BCUT2D eigenvalue weighted by molar-refractivity contribution is 5.98. The molecule has 0 amide bonds. The number of nitrogens with one attached hydrogen (secondary N) is 1. The van der Waals surface area contributed by atoms with E-state index in [-0.39, 0.29) is 5.63 Å². The highest BCUT2D eigenvalue weighted by atomic mass is 16.4. The molecule has 0 spiro atoms. The zero-order chi connectivity index (χ0) is 24.2. The van der Waals surface area contributed by atoms with Crippen molar-refractivity contribution in [3.63, 3.8) is 0 Å². The molecule has 0 aliphatic rings. The van der Waals surface area contributed by atoms with Crippen molar-refractivity contribution < 1.29 is 4.42 Å². The van der Waals surface area contributed by atoms with E-state index in [0.717, 1.165) is 27.9 Å². The van der Waals surface area contributed by atoms with Crippen LogP contribution in [0.15, 0.2) is 112 Å². The molecule has 1 aromatic heterocycles. The second-order valence-corrected chi connectivity index (χ2v) is 8.83. The zero-order valence-electron chi connectivity index (χ0n) is 20.0. The SMILES string of the molecule is Cc1cccc(C)c1Nc1oc(=O)c2ccccc2c1N(Cc1ccccc1)Cc1ccccc1.